The van der Waals surface area contributed by atoms with Crippen LogP contribution in [0.1, 0.15) is 0 Å². The quantitative estimate of drug-likeness (QED) is 0.436. The summed E-state index contributed by atoms with van der Waals surface area (Å²) in [4.78, 5) is 4.95. The van der Waals surface area contributed by atoms with E-state index in [0.29, 0.717) is 0 Å². The van der Waals surface area contributed by atoms with E-state index in [9.17, 15) is 0 Å². The summed E-state index contributed by atoms with van der Waals surface area (Å²) in [5, 5.41) is 9.95. The molecule has 0 radical (unpaired) electrons. The molecule has 0 saturated carbocycles. The molecule has 1 aliphatic heterocycles. The SMILES string of the molecule is CNCCNCCN(C)CCN1CCNCC1. The van der Waals surface area contributed by atoms with Crippen molar-refractivity contribution in [3.63, 3.8) is 0 Å². The summed E-state index contributed by atoms with van der Waals surface area (Å²) in [5.74, 6) is 0. The average molecular weight is 243 g/mol. The second-order valence-corrected chi connectivity index (χ2v) is 4.75. The summed E-state index contributed by atoms with van der Waals surface area (Å²) >= 11 is 0. The molecule has 1 saturated heterocycles. The van der Waals surface area contributed by atoms with Crippen LogP contribution in [-0.4, -0.2) is 89.3 Å². The predicted octanol–water partition coefficient (Wildman–Crippen LogP) is -1.37. The van der Waals surface area contributed by atoms with E-state index in [1.165, 1.54) is 26.2 Å². The first-order valence-corrected chi connectivity index (χ1v) is 6.80. The molecule has 0 aromatic rings. The van der Waals surface area contributed by atoms with Crippen molar-refractivity contribution in [3.8, 4) is 0 Å². The maximum absolute atomic E-state index is 3.43. The van der Waals surface area contributed by atoms with Gasteiger partial charge >= 0.3 is 0 Å². The predicted molar refractivity (Wildman–Crippen MR) is 73.6 cm³/mol. The molecule has 17 heavy (non-hydrogen) atoms. The van der Waals surface area contributed by atoms with Crippen LogP contribution in [0.15, 0.2) is 0 Å². The Balaban J connectivity index is 1.91. The lowest BCUT2D eigenvalue weighted by Crippen LogP contribution is -2.46. The molecule has 0 atom stereocenters. The third-order valence-corrected chi connectivity index (χ3v) is 3.23. The molecule has 0 amide bonds. The van der Waals surface area contributed by atoms with Gasteiger partial charge in [0, 0.05) is 65.4 Å². The van der Waals surface area contributed by atoms with Crippen molar-refractivity contribution in [2.24, 2.45) is 0 Å². The second-order valence-electron chi connectivity index (χ2n) is 4.75. The lowest BCUT2D eigenvalue weighted by molar-refractivity contribution is 0.205. The van der Waals surface area contributed by atoms with Crippen molar-refractivity contribution in [1.29, 1.82) is 0 Å². The molecule has 1 aliphatic rings. The minimum Gasteiger partial charge on any atom is -0.318 e. The van der Waals surface area contributed by atoms with E-state index in [1.54, 1.807) is 0 Å². The van der Waals surface area contributed by atoms with Crippen LogP contribution in [-0.2, 0) is 0 Å². The third kappa shape index (κ3) is 7.68. The molecule has 0 aromatic heterocycles. The normalized spacial score (nSPS) is 17.8. The molecule has 5 nitrogen and oxygen atoms in total. The van der Waals surface area contributed by atoms with Crippen molar-refractivity contribution in [2.45, 2.75) is 0 Å². The van der Waals surface area contributed by atoms with E-state index in [1.807, 2.05) is 7.05 Å². The molecule has 0 bridgehead atoms. The van der Waals surface area contributed by atoms with Gasteiger partial charge in [-0.05, 0) is 14.1 Å². The Hall–Kier alpha value is -0.200. The zero-order valence-corrected chi connectivity index (χ0v) is 11.5. The van der Waals surface area contributed by atoms with E-state index in [4.69, 9.17) is 0 Å². The van der Waals surface area contributed by atoms with Crippen LogP contribution in [0.4, 0.5) is 0 Å². The minimum atomic E-state index is 1.05. The fraction of sp³-hybridized carbons (Fsp3) is 1.00. The number of likely N-dealkylation sites (N-methyl/N-ethyl adjacent to an activating group) is 2. The van der Waals surface area contributed by atoms with Crippen LogP contribution in [0.3, 0.4) is 0 Å². The molecule has 3 N–H and O–H groups in total. The first-order valence-electron chi connectivity index (χ1n) is 6.80. The maximum Gasteiger partial charge on any atom is 0.0110 e. The Bertz CT molecular complexity index is 170. The first kappa shape index (κ1) is 14.9. The van der Waals surface area contributed by atoms with E-state index in [-0.39, 0.29) is 0 Å². The van der Waals surface area contributed by atoms with Crippen LogP contribution >= 0.6 is 0 Å². The van der Waals surface area contributed by atoms with Crippen LogP contribution in [0.5, 0.6) is 0 Å². The van der Waals surface area contributed by atoms with Crippen LogP contribution < -0.4 is 16.0 Å². The number of hydrogen-bond donors (Lipinski definition) is 3. The van der Waals surface area contributed by atoms with Crippen molar-refractivity contribution in [3.05, 3.63) is 0 Å². The molecular formula is C12H29N5. The lowest BCUT2D eigenvalue weighted by Gasteiger charge is -2.29. The van der Waals surface area contributed by atoms with Gasteiger partial charge in [0.15, 0.2) is 0 Å². The fourth-order valence-corrected chi connectivity index (χ4v) is 1.97. The Kier molecular flexibility index (Phi) is 8.56. The molecule has 5 heteroatoms. The largest absolute Gasteiger partial charge is 0.318 e. The van der Waals surface area contributed by atoms with Crippen molar-refractivity contribution in [2.75, 3.05) is 79.5 Å². The van der Waals surface area contributed by atoms with Gasteiger partial charge in [-0.3, -0.25) is 4.90 Å². The van der Waals surface area contributed by atoms with Crippen molar-refractivity contribution < 1.29 is 0 Å². The molecule has 1 heterocycles. The summed E-state index contributed by atoms with van der Waals surface area (Å²) < 4.78 is 0. The average Bonchev–Trinajstić information content (AvgIpc) is 2.37. The van der Waals surface area contributed by atoms with Gasteiger partial charge in [-0.2, -0.15) is 0 Å². The van der Waals surface area contributed by atoms with E-state index in [2.05, 4.69) is 32.8 Å². The summed E-state index contributed by atoms with van der Waals surface area (Å²) in [6, 6.07) is 0. The monoisotopic (exact) mass is 243 g/mol. The van der Waals surface area contributed by atoms with Crippen LogP contribution in [0, 0.1) is 0 Å². The van der Waals surface area contributed by atoms with E-state index >= 15 is 0 Å². The first-order chi connectivity index (χ1) is 8.33. The topological polar surface area (TPSA) is 42.6 Å². The standard InChI is InChI=1S/C12H29N5/c1-13-3-4-14-5-8-16(2)11-12-17-9-6-15-7-10-17/h13-15H,3-12H2,1-2H3. The molecule has 0 unspecified atom stereocenters. The van der Waals surface area contributed by atoms with Gasteiger partial charge in [-0.1, -0.05) is 0 Å². The van der Waals surface area contributed by atoms with Crippen molar-refractivity contribution >= 4 is 0 Å². The Morgan fingerprint density at radius 2 is 1.88 bits per heavy atom. The highest BCUT2D eigenvalue weighted by atomic mass is 15.2. The summed E-state index contributed by atoms with van der Waals surface area (Å²) in [6.07, 6.45) is 0. The highest BCUT2D eigenvalue weighted by Gasteiger charge is 2.09. The van der Waals surface area contributed by atoms with Gasteiger partial charge in [-0.15, -0.1) is 0 Å². The number of piperazine rings is 1. The molecule has 0 aromatic carbocycles. The van der Waals surface area contributed by atoms with E-state index < -0.39 is 0 Å². The number of rotatable bonds is 9. The van der Waals surface area contributed by atoms with Gasteiger partial charge in [0.1, 0.15) is 0 Å². The Morgan fingerprint density at radius 1 is 1.12 bits per heavy atom. The molecule has 1 rings (SSSR count). The number of nitrogens with one attached hydrogen (secondary N) is 3. The fourth-order valence-electron chi connectivity index (χ4n) is 1.97. The molecule has 1 fully saturated rings. The minimum absolute atomic E-state index is 1.05. The Labute approximate surface area is 106 Å². The van der Waals surface area contributed by atoms with Gasteiger partial charge in [0.2, 0.25) is 0 Å². The summed E-state index contributed by atoms with van der Waals surface area (Å²) in [6.45, 7) is 11.4. The number of hydrogen-bond acceptors (Lipinski definition) is 5. The zero-order valence-electron chi connectivity index (χ0n) is 11.5. The van der Waals surface area contributed by atoms with Crippen molar-refractivity contribution in [1.82, 2.24) is 25.8 Å². The Morgan fingerprint density at radius 3 is 2.59 bits per heavy atom. The zero-order chi connectivity index (χ0) is 12.3. The smallest absolute Gasteiger partial charge is 0.0110 e. The van der Waals surface area contributed by atoms with Gasteiger partial charge < -0.3 is 20.9 Å². The van der Waals surface area contributed by atoms with Crippen LogP contribution in [0.25, 0.3) is 0 Å². The van der Waals surface area contributed by atoms with Gasteiger partial charge in [0.05, 0.1) is 0 Å². The molecule has 102 valence electrons. The highest BCUT2D eigenvalue weighted by Crippen LogP contribution is 1.92. The van der Waals surface area contributed by atoms with Gasteiger partial charge in [-0.25, -0.2) is 0 Å². The lowest BCUT2D eigenvalue weighted by atomic mass is 10.3. The maximum atomic E-state index is 3.43. The van der Waals surface area contributed by atoms with E-state index in [0.717, 1.165) is 39.3 Å². The number of nitrogens with zero attached hydrogens (tertiary/aromatic N) is 2. The summed E-state index contributed by atoms with van der Waals surface area (Å²) in [5.41, 5.74) is 0. The second kappa shape index (κ2) is 9.79. The molecular weight excluding hydrogens is 214 g/mol. The van der Waals surface area contributed by atoms with Crippen LogP contribution in [0.2, 0.25) is 0 Å². The summed E-state index contributed by atoms with van der Waals surface area (Å²) in [7, 11) is 4.20. The molecule has 0 spiro atoms. The third-order valence-electron chi connectivity index (χ3n) is 3.23. The highest BCUT2D eigenvalue weighted by molar-refractivity contribution is 4.68. The molecule has 0 aliphatic carbocycles. The van der Waals surface area contributed by atoms with Gasteiger partial charge in [0.25, 0.3) is 0 Å².